The molecule has 0 saturated heterocycles. The van der Waals surface area contributed by atoms with Gasteiger partial charge >= 0.3 is 0 Å². The molecular formula is C9H14O. The molecule has 2 unspecified atom stereocenters. The van der Waals surface area contributed by atoms with Crippen molar-refractivity contribution in [2.24, 2.45) is 5.92 Å². The monoisotopic (exact) mass is 138 g/mol. The van der Waals surface area contributed by atoms with Crippen molar-refractivity contribution in [1.82, 2.24) is 0 Å². The fraction of sp³-hybridized carbons (Fsp3) is 0.556. The van der Waals surface area contributed by atoms with Gasteiger partial charge in [-0.15, -0.1) is 0 Å². The lowest BCUT2D eigenvalue weighted by Gasteiger charge is -2.20. The first-order chi connectivity index (χ1) is 4.88. The Morgan fingerprint density at radius 2 is 2.00 bits per heavy atom. The van der Waals surface area contributed by atoms with Gasteiger partial charge in [-0.3, -0.25) is 0 Å². The van der Waals surface area contributed by atoms with E-state index in [9.17, 15) is 0 Å². The van der Waals surface area contributed by atoms with Crippen molar-refractivity contribution in [3.05, 3.63) is 24.3 Å². The highest BCUT2D eigenvalue weighted by Crippen LogP contribution is 2.17. The Labute approximate surface area is 62.4 Å². The molecule has 0 aromatic rings. The molecular weight excluding hydrogens is 124 g/mol. The molecule has 0 fully saturated rings. The lowest BCUT2D eigenvalue weighted by Crippen LogP contribution is -2.19. The normalized spacial score (nSPS) is 31.0. The van der Waals surface area contributed by atoms with Crippen LogP contribution < -0.4 is 0 Å². The molecule has 1 aliphatic rings. The van der Waals surface area contributed by atoms with Gasteiger partial charge in [-0.1, -0.05) is 31.2 Å². The van der Waals surface area contributed by atoms with Crippen LogP contribution in [0.4, 0.5) is 0 Å². The molecule has 0 amide bonds. The van der Waals surface area contributed by atoms with Crippen molar-refractivity contribution in [1.29, 1.82) is 0 Å². The molecule has 10 heavy (non-hydrogen) atoms. The molecule has 2 atom stereocenters. The molecule has 0 spiro atoms. The van der Waals surface area contributed by atoms with Crippen LogP contribution in [0.1, 0.15) is 13.3 Å². The van der Waals surface area contributed by atoms with E-state index in [4.69, 9.17) is 4.74 Å². The SMILES string of the molecule is CCC1C=CC=CC1OC. The minimum absolute atomic E-state index is 0.301. The number of methoxy groups -OCH3 is 1. The topological polar surface area (TPSA) is 9.23 Å². The summed E-state index contributed by atoms with van der Waals surface area (Å²) < 4.78 is 5.26. The van der Waals surface area contributed by atoms with E-state index in [1.807, 2.05) is 6.08 Å². The zero-order valence-electron chi connectivity index (χ0n) is 6.58. The van der Waals surface area contributed by atoms with Crippen molar-refractivity contribution < 1.29 is 4.74 Å². The van der Waals surface area contributed by atoms with Gasteiger partial charge in [-0.05, 0) is 6.42 Å². The predicted octanol–water partition coefficient (Wildman–Crippen LogP) is 2.15. The maximum absolute atomic E-state index is 5.26. The van der Waals surface area contributed by atoms with Gasteiger partial charge in [-0.25, -0.2) is 0 Å². The Bertz CT molecular complexity index is 129. The molecule has 0 aliphatic heterocycles. The van der Waals surface area contributed by atoms with Crippen LogP contribution in [0.15, 0.2) is 24.3 Å². The quantitative estimate of drug-likeness (QED) is 0.568. The van der Waals surface area contributed by atoms with Gasteiger partial charge in [0.15, 0.2) is 0 Å². The summed E-state index contributed by atoms with van der Waals surface area (Å²) in [5, 5.41) is 0. The first kappa shape index (κ1) is 7.55. The summed E-state index contributed by atoms with van der Waals surface area (Å²) in [5.41, 5.74) is 0. The van der Waals surface area contributed by atoms with Crippen LogP contribution in [-0.2, 0) is 4.74 Å². The van der Waals surface area contributed by atoms with Gasteiger partial charge in [0.1, 0.15) is 0 Å². The summed E-state index contributed by atoms with van der Waals surface area (Å²) in [6.45, 7) is 2.18. The van der Waals surface area contributed by atoms with Crippen molar-refractivity contribution in [3.8, 4) is 0 Å². The average molecular weight is 138 g/mol. The Kier molecular flexibility index (Phi) is 2.69. The van der Waals surface area contributed by atoms with Gasteiger partial charge in [0, 0.05) is 13.0 Å². The molecule has 56 valence electrons. The predicted molar refractivity (Wildman–Crippen MR) is 42.9 cm³/mol. The highest BCUT2D eigenvalue weighted by atomic mass is 16.5. The summed E-state index contributed by atoms with van der Waals surface area (Å²) in [6, 6.07) is 0. The second-order valence-corrected chi connectivity index (χ2v) is 2.54. The molecule has 0 saturated carbocycles. The van der Waals surface area contributed by atoms with E-state index in [1.165, 1.54) is 0 Å². The van der Waals surface area contributed by atoms with E-state index in [0.717, 1.165) is 6.42 Å². The van der Waals surface area contributed by atoms with E-state index in [0.29, 0.717) is 12.0 Å². The van der Waals surface area contributed by atoms with Crippen molar-refractivity contribution in [3.63, 3.8) is 0 Å². The number of rotatable bonds is 2. The molecule has 1 heteroatoms. The largest absolute Gasteiger partial charge is 0.377 e. The highest BCUT2D eigenvalue weighted by molar-refractivity contribution is 5.15. The van der Waals surface area contributed by atoms with Crippen LogP contribution >= 0.6 is 0 Å². The molecule has 0 heterocycles. The summed E-state index contributed by atoms with van der Waals surface area (Å²) in [4.78, 5) is 0. The zero-order chi connectivity index (χ0) is 7.40. The van der Waals surface area contributed by atoms with Crippen LogP contribution in [0, 0.1) is 5.92 Å². The molecule has 0 aromatic heterocycles. The van der Waals surface area contributed by atoms with Crippen molar-refractivity contribution >= 4 is 0 Å². The second kappa shape index (κ2) is 3.57. The van der Waals surface area contributed by atoms with Crippen LogP contribution in [0.2, 0.25) is 0 Å². The molecule has 0 bridgehead atoms. The van der Waals surface area contributed by atoms with Crippen LogP contribution in [0.5, 0.6) is 0 Å². The average Bonchev–Trinajstić information content (AvgIpc) is 2.04. The Balaban J connectivity index is 2.55. The van der Waals surface area contributed by atoms with Gasteiger partial charge in [-0.2, -0.15) is 0 Å². The molecule has 1 rings (SSSR count). The third-order valence-corrected chi connectivity index (χ3v) is 1.94. The smallest absolute Gasteiger partial charge is 0.0817 e. The van der Waals surface area contributed by atoms with Crippen LogP contribution in [0.3, 0.4) is 0 Å². The number of hydrogen-bond donors (Lipinski definition) is 0. The number of hydrogen-bond acceptors (Lipinski definition) is 1. The standard InChI is InChI=1S/C9H14O/c1-3-8-6-4-5-7-9(8)10-2/h4-9H,3H2,1-2H3. The third-order valence-electron chi connectivity index (χ3n) is 1.94. The summed E-state index contributed by atoms with van der Waals surface area (Å²) in [6.07, 6.45) is 9.89. The summed E-state index contributed by atoms with van der Waals surface area (Å²) >= 11 is 0. The number of allylic oxidation sites excluding steroid dienone is 2. The Morgan fingerprint density at radius 1 is 1.30 bits per heavy atom. The minimum atomic E-state index is 0.301. The summed E-state index contributed by atoms with van der Waals surface area (Å²) in [7, 11) is 1.76. The lowest BCUT2D eigenvalue weighted by molar-refractivity contribution is 0.104. The van der Waals surface area contributed by atoms with Gasteiger partial charge in [0.05, 0.1) is 6.10 Å². The van der Waals surface area contributed by atoms with Crippen LogP contribution in [-0.4, -0.2) is 13.2 Å². The van der Waals surface area contributed by atoms with Crippen LogP contribution in [0.25, 0.3) is 0 Å². The second-order valence-electron chi connectivity index (χ2n) is 2.54. The van der Waals surface area contributed by atoms with Gasteiger partial charge < -0.3 is 4.74 Å². The highest BCUT2D eigenvalue weighted by Gasteiger charge is 2.14. The molecule has 0 N–H and O–H groups in total. The first-order valence-electron chi connectivity index (χ1n) is 3.76. The van der Waals surface area contributed by atoms with E-state index >= 15 is 0 Å². The van der Waals surface area contributed by atoms with Crippen molar-refractivity contribution in [2.45, 2.75) is 19.4 Å². The maximum Gasteiger partial charge on any atom is 0.0817 e. The molecule has 1 aliphatic carbocycles. The fourth-order valence-electron chi connectivity index (χ4n) is 1.25. The van der Waals surface area contributed by atoms with E-state index in [1.54, 1.807) is 7.11 Å². The minimum Gasteiger partial charge on any atom is -0.377 e. The third kappa shape index (κ3) is 1.48. The zero-order valence-corrected chi connectivity index (χ0v) is 6.58. The van der Waals surface area contributed by atoms with E-state index < -0.39 is 0 Å². The van der Waals surface area contributed by atoms with E-state index in [2.05, 4.69) is 25.2 Å². The van der Waals surface area contributed by atoms with E-state index in [-0.39, 0.29) is 0 Å². The first-order valence-corrected chi connectivity index (χ1v) is 3.76. The van der Waals surface area contributed by atoms with Crippen molar-refractivity contribution in [2.75, 3.05) is 7.11 Å². The summed E-state index contributed by atoms with van der Waals surface area (Å²) in [5.74, 6) is 0.579. The Morgan fingerprint density at radius 3 is 2.50 bits per heavy atom. The Hall–Kier alpha value is -0.560. The molecule has 0 radical (unpaired) electrons. The molecule has 0 aromatic carbocycles. The van der Waals surface area contributed by atoms with Gasteiger partial charge in [0.25, 0.3) is 0 Å². The molecule has 1 nitrogen and oxygen atoms in total. The number of ether oxygens (including phenoxy) is 1. The maximum atomic E-state index is 5.26. The fourth-order valence-corrected chi connectivity index (χ4v) is 1.25. The van der Waals surface area contributed by atoms with Gasteiger partial charge in [0.2, 0.25) is 0 Å². The lowest BCUT2D eigenvalue weighted by atomic mass is 9.95.